The van der Waals surface area contributed by atoms with Crippen molar-refractivity contribution >= 4 is 35.8 Å². The van der Waals surface area contributed by atoms with Gasteiger partial charge in [-0.25, -0.2) is 8.78 Å². The summed E-state index contributed by atoms with van der Waals surface area (Å²) in [5.41, 5.74) is 5.35. The van der Waals surface area contributed by atoms with Crippen LogP contribution in [0.4, 0.5) is 8.78 Å². The molecule has 3 N–H and O–H groups in total. The third-order valence-corrected chi connectivity index (χ3v) is 4.24. The number of carbonyl (C=O) groups is 1. The molecule has 1 aliphatic rings. The van der Waals surface area contributed by atoms with Gasteiger partial charge in [0.05, 0.1) is 0 Å². The van der Waals surface area contributed by atoms with Gasteiger partial charge >= 0.3 is 0 Å². The molecule has 0 radical (unpaired) electrons. The fourth-order valence-corrected chi connectivity index (χ4v) is 3.11. The molecule has 5 nitrogen and oxygen atoms in total. The number of nitrogens with two attached hydrogens (primary N) is 1. The molecular weight excluding hydrogens is 441 g/mol. The minimum atomic E-state index is -0.536. The van der Waals surface area contributed by atoms with Crippen molar-refractivity contribution in [3.63, 3.8) is 0 Å². The zero-order valence-electron chi connectivity index (χ0n) is 14.3. The molecule has 25 heavy (non-hydrogen) atoms. The number of hydrogen-bond donors (Lipinski definition) is 2. The second-order valence-corrected chi connectivity index (χ2v) is 6.05. The minimum absolute atomic E-state index is 0. The molecule has 1 unspecified atom stereocenters. The molecule has 1 saturated heterocycles. The van der Waals surface area contributed by atoms with Crippen molar-refractivity contribution in [2.75, 3.05) is 26.7 Å². The molecule has 0 saturated carbocycles. The summed E-state index contributed by atoms with van der Waals surface area (Å²) in [4.78, 5) is 17.4. The number of piperidine rings is 1. The molecule has 1 aromatic carbocycles. The summed E-state index contributed by atoms with van der Waals surface area (Å²) < 4.78 is 27.3. The van der Waals surface area contributed by atoms with Crippen molar-refractivity contribution in [3.05, 3.63) is 35.4 Å². The van der Waals surface area contributed by atoms with E-state index >= 15 is 0 Å². The molecule has 1 amide bonds. The first-order valence-electron chi connectivity index (χ1n) is 8.18. The molecular formula is C17H25F2IN4O. The highest BCUT2D eigenvalue weighted by Gasteiger charge is 2.23. The molecule has 1 aromatic rings. The average molecular weight is 466 g/mol. The Morgan fingerprint density at radius 3 is 2.68 bits per heavy atom. The zero-order valence-corrected chi connectivity index (χ0v) is 16.6. The van der Waals surface area contributed by atoms with E-state index in [0.29, 0.717) is 25.5 Å². The molecule has 1 atom stereocenters. The van der Waals surface area contributed by atoms with Crippen LogP contribution in [0.25, 0.3) is 0 Å². The monoisotopic (exact) mass is 466 g/mol. The number of nitrogens with zero attached hydrogens (tertiary/aromatic N) is 2. The molecule has 0 aromatic heterocycles. The number of likely N-dealkylation sites (tertiary alicyclic amines) is 1. The van der Waals surface area contributed by atoms with E-state index in [0.717, 1.165) is 19.4 Å². The van der Waals surface area contributed by atoms with E-state index in [2.05, 4.69) is 15.2 Å². The number of primary amides is 1. The number of benzene rings is 1. The molecule has 1 aliphatic heterocycles. The summed E-state index contributed by atoms with van der Waals surface area (Å²) >= 11 is 0. The van der Waals surface area contributed by atoms with Gasteiger partial charge < -0.3 is 16.0 Å². The second-order valence-electron chi connectivity index (χ2n) is 6.05. The molecule has 0 bridgehead atoms. The fraction of sp³-hybridized carbons (Fsp3) is 0.529. The second kappa shape index (κ2) is 10.5. The summed E-state index contributed by atoms with van der Waals surface area (Å²) in [5.74, 6) is -0.461. The summed E-state index contributed by atoms with van der Waals surface area (Å²) in [6.45, 7) is 1.92. The topological polar surface area (TPSA) is 70.7 Å². The Balaban J connectivity index is 0.00000312. The van der Waals surface area contributed by atoms with E-state index in [1.165, 1.54) is 18.2 Å². The molecule has 8 heteroatoms. The third-order valence-electron chi connectivity index (χ3n) is 4.24. The predicted octanol–water partition coefficient (Wildman–Crippen LogP) is 2.29. The van der Waals surface area contributed by atoms with Crippen molar-refractivity contribution in [2.45, 2.75) is 25.7 Å². The van der Waals surface area contributed by atoms with Gasteiger partial charge in [-0.1, -0.05) is 6.07 Å². The number of amides is 1. The Morgan fingerprint density at radius 1 is 1.40 bits per heavy atom. The summed E-state index contributed by atoms with van der Waals surface area (Å²) in [7, 11) is 1.67. The van der Waals surface area contributed by atoms with Crippen LogP contribution in [0.15, 0.2) is 23.2 Å². The number of hydrogen-bond acceptors (Lipinski definition) is 2. The van der Waals surface area contributed by atoms with Crippen LogP contribution >= 0.6 is 24.0 Å². The smallest absolute Gasteiger partial charge is 0.217 e. The summed E-state index contributed by atoms with van der Waals surface area (Å²) in [6, 6.07) is 3.87. The van der Waals surface area contributed by atoms with Crippen molar-refractivity contribution in [2.24, 2.45) is 16.6 Å². The van der Waals surface area contributed by atoms with Crippen LogP contribution in [0.2, 0.25) is 0 Å². The lowest BCUT2D eigenvalue weighted by Crippen LogP contribution is -2.47. The summed E-state index contributed by atoms with van der Waals surface area (Å²) in [6.07, 6.45) is 2.53. The van der Waals surface area contributed by atoms with Gasteiger partial charge in [-0.05, 0) is 37.3 Å². The first-order valence-corrected chi connectivity index (χ1v) is 8.18. The lowest BCUT2D eigenvalue weighted by Gasteiger charge is -2.34. The SMILES string of the molecule is CN=C(NCCc1c(F)cccc1F)N1CCCC(CC(N)=O)C1.I. The third kappa shape index (κ3) is 6.41. The average Bonchev–Trinajstić information content (AvgIpc) is 2.53. The van der Waals surface area contributed by atoms with Gasteiger partial charge in [-0.3, -0.25) is 9.79 Å². The maximum absolute atomic E-state index is 13.6. The number of guanidine groups is 1. The molecule has 0 aliphatic carbocycles. The van der Waals surface area contributed by atoms with Crippen LogP contribution in [0, 0.1) is 17.6 Å². The van der Waals surface area contributed by atoms with Crippen LogP contribution in [-0.4, -0.2) is 43.4 Å². The van der Waals surface area contributed by atoms with Crippen LogP contribution in [-0.2, 0) is 11.2 Å². The Labute approximate surface area is 164 Å². The standard InChI is InChI=1S/C17H24F2N4O.HI/c1-21-17(23-9-3-4-12(11-23)10-16(20)24)22-8-7-13-14(18)5-2-6-15(13)19;/h2,5-6,12H,3-4,7-11H2,1H3,(H2,20,24)(H,21,22);1H. The number of halogens is 3. The summed E-state index contributed by atoms with van der Waals surface area (Å²) in [5, 5.41) is 3.14. The minimum Gasteiger partial charge on any atom is -0.370 e. The predicted molar refractivity (Wildman–Crippen MR) is 105 cm³/mol. The highest BCUT2D eigenvalue weighted by molar-refractivity contribution is 14.0. The van der Waals surface area contributed by atoms with E-state index < -0.39 is 11.6 Å². The number of aliphatic imine (C=N–C) groups is 1. The van der Waals surface area contributed by atoms with Crippen LogP contribution in [0.3, 0.4) is 0 Å². The number of rotatable bonds is 5. The zero-order chi connectivity index (χ0) is 17.5. The quantitative estimate of drug-likeness (QED) is 0.398. The fourth-order valence-electron chi connectivity index (χ4n) is 3.11. The van der Waals surface area contributed by atoms with E-state index in [1.807, 2.05) is 0 Å². The highest BCUT2D eigenvalue weighted by Crippen LogP contribution is 2.19. The van der Waals surface area contributed by atoms with Crippen LogP contribution in [0.5, 0.6) is 0 Å². The molecule has 1 heterocycles. The number of nitrogens with one attached hydrogen (secondary N) is 1. The largest absolute Gasteiger partial charge is 0.370 e. The van der Waals surface area contributed by atoms with Gasteiger partial charge in [-0.2, -0.15) is 0 Å². The highest BCUT2D eigenvalue weighted by atomic mass is 127. The van der Waals surface area contributed by atoms with E-state index in [4.69, 9.17) is 5.73 Å². The number of carbonyl (C=O) groups excluding carboxylic acids is 1. The Bertz CT molecular complexity index is 592. The normalized spacial score (nSPS) is 17.8. The van der Waals surface area contributed by atoms with E-state index in [9.17, 15) is 13.6 Å². The van der Waals surface area contributed by atoms with Gasteiger partial charge in [0.1, 0.15) is 11.6 Å². The molecule has 0 spiro atoms. The first-order chi connectivity index (χ1) is 11.5. The molecule has 2 rings (SSSR count). The van der Waals surface area contributed by atoms with Crippen molar-refractivity contribution in [1.82, 2.24) is 10.2 Å². The van der Waals surface area contributed by atoms with Crippen molar-refractivity contribution in [3.8, 4) is 0 Å². The maximum Gasteiger partial charge on any atom is 0.217 e. The molecule has 1 fully saturated rings. The van der Waals surface area contributed by atoms with Gasteiger partial charge in [0, 0.05) is 38.7 Å². The lowest BCUT2D eigenvalue weighted by atomic mass is 9.95. The van der Waals surface area contributed by atoms with Crippen molar-refractivity contribution in [1.29, 1.82) is 0 Å². The van der Waals surface area contributed by atoms with Crippen molar-refractivity contribution < 1.29 is 13.6 Å². The Morgan fingerprint density at radius 2 is 2.08 bits per heavy atom. The van der Waals surface area contributed by atoms with Gasteiger partial charge in [0.25, 0.3) is 0 Å². The van der Waals surface area contributed by atoms with Gasteiger partial charge in [0.15, 0.2) is 5.96 Å². The van der Waals surface area contributed by atoms with Crippen LogP contribution < -0.4 is 11.1 Å². The maximum atomic E-state index is 13.6. The van der Waals surface area contributed by atoms with Gasteiger partial charge in [-0.15, -0.1) is 24.0 Å². The first kappa shape index (κ1) is 21.6. The Kier molecular flexibility index (Phi) is 9.09. The van der Waals surface area contributed by atoms with E-state index in [1.54, 1.807) is 7.05 Å². The van der Waals surface area contributed by atoms with Crippen LogP contribution in [0.1, 0.15) is 24.8 Å². The Hall–Kier alpha value is -1.45. The lowest BCUT2D eigenvalue weighted by molar-refractivity contribution is -0.119. The van der Waals surface area contributed by atoms with Gasteiger partial charge in [0.2, 0.25) is 5.91 Å². The molecule has 140 valence electrons. The van der Waals surface area contributed by atoms with E-state index in [-0.39, 0.29) is 47.8 Å².